The van der Waals surface area contributed by atoms with E-state index in [4.69, 9.17) is 18.9 Å². The quantitative estimate of drug-likeness (QED) is 0.138. The highest BCUT2D eigenvalue weighted by Gasteiger charge is 2.42. The summed E-state index contributed by atoms with van der Waals surface area (Å²) < 4.78 is 63.0. The molecule has 2 N–H and O–H groups in total. The minimum Gasteiger partial charge on any atom is -0.464 e. The molecule has 8 rings (SSSR count). The number of carbonyl (C=O) groups excluding carboxylic acids is 5. The van der Waals surface area contributed by atoms with Crippen LogP contribution in [-0.4, -0.2) is 147 Å². The molecule has 3 aromatic heterocycles. The number of hydrazine groups is 1. The first-order chi connectivity index (χ1) is 34.9. The monoisotopic (exact) mass is 1030 g/mol. The number of ether oxygens (including phenoxy) is 2. The van der Waals surface area contributed by atoms with Crippen LogP contribution in [0.2, 0.25) is 0 Å². The maximum absolute atomic E-state index is 14.7. The number of halogens is 3. The summed E-state index contributed by atoms with van der Waals surface area (Å²) in [5, 5.41) is 4.69. The molecule has 1 unspecified atom stereocenters. The summed E-state index contributed by atoms with van der Waals surface area (Å²) in [5.74, 6) is 2.45. The van der Waals surface area contributed by atoms with Crippen LogP contribution in [0.25, 0.3) is 33.4 Å². The number of benzene rings is 1. The number of cyclic esters (lactones) is 1. The molecular formula is C54H68F3N9O8. The predicted molar refractivity (Wildman–Crippen MR) is 268 cm³/mol. The fourth-order valence-electron chi connectivity index (χ4n) is 10.6. The van der Waals surface area contributed by atoms with Crippen LogP contribution in [0, 0.1) is 29.1 Å². The van der Waals surface area contributed by atoms with Crippen molar-refractivity contribution in [3.63, 3.8) is 0 Å². The normalized spacial score (nSPS) is 21.6. The number of rotatable bonds is 10. The first kappa shape index (κ1) is 54.0. The Hall–Kier alpha value is -6.30. The number of likely N-dealkylation sites (N-methyl/N-ethyl adjacent to an activating group) is 1. The summed E-state index contributed by atoms with van der Waals surface area (Å²) in [5.41, 5.74) is 4.65. The highest BCUT2D eigenvalue weighted by molar-refractivity contribution is 5.97. The topological polar surface area (TPSA) is 185 Å². The fourth-order valence-corrected chi connectivity index (χ4v) is 10.6. The zero-order valence-corrected chi connectivity index (χ0v) is 43.7. The van der Waals surface area contributed by atoms with Crippen molar-refractivity contribution in [2.45, 2.75) is 129 Å². The number of methoxy groups -OCH3 is 1. The molecule has 4 amide bonds. The Labute approximate surface area is 429 Å². The van der Waals surface area contributed by atoms with E-state index in [0.29, 0.717) is 70.5 Å². The van der Waals surface area contributed by atoms with Crippen molar-refractivity contribution in [3.8, 4) is 34.4 Å². The van der Waals surface area contributed by atoms with Gasteiger partial charge in [0.05, 0.1) is 42.0 Å². The molecule has 17 nitrogen and oxygen atoms in total. The molecule has 7 heterocycles. The molecule has 0 radical (unpaired) electrons. The van der Waals surface area contributed by atoms with Crippen LogP contribution < -0.4 is 10.7 Å². The second kappa shape index (κ2) is 21.5. The highest BCUT2D eigenvalue weighted by atomic mass is 19.4. The Balaban J connectivity index is 1.12. The van der Waals surface area contributed by atoms with E-state index < -0.39 is 77.5 Å². The minimum atomic E-state index is -4.62. The van der Waals surface area contributed by atoms with Crippen molar-refractivity contribution in [2.75, 3.05) is 53.5 Å². The molecule has 6 bridgehead atoms. The number of nitrogens with zero attached hydrogens (tertiary/aromatic N) is 7. The van der Waals surface area contributed by atoms with Gasteiger partial charge < -0.3 is 33.6 Å². The van der Waals surface area contributed by atoms with E-state index in [1.165, 1.54) is 27.8 Å². The molecule has 1 aromatic carbocycles. The van der Waals surface area contributed by atoms with E-state index in [0.717, 1.165) is 19.5 Å². The van der Waals surface area contributed by atoms with Gasteiger partial charge in [0.25, 0.3) is 11.8 Å². The first-order valence-electron chi connectivity index (χ1n) is 25.5. The van der Waals surface area contributed by atoms with E-state index in [-0.39, 0.29) is 50.2 Å². The van der Waals surface area contributed by atoms with Gasteiger partial charge >= 0.3 is 12.1 Å². The number of fused-ring (bicyclic) bond motifs is 6. The average Bonchev–Trinajstić information content (AvgIpc) is 4.09. The van der Waals surface area contributed by atoms with E-state index >= 15 is 0 Å². The molecule has 4 aliphatic rings. The lowest BCUT2D eigenvalue weighted by molar-refractivity contribution is -0.155. The lowest BCUT2D eigenvalue weighted by atomic mass is 9.84. The number of nitrogens with one attached hydrogen (secondary N) is 2. The molecule has 4 aliphatic heterocycles. The number of carbonyl (C=O) groups is 5. The third-order valence-electron chi connectivity index (χ3n) is 14.8. The van der Waals surface area contributed by atoms with E-state index in [9.17, 15) is 37.1 Å². The van der Waals surface area contributed by atoms with Crippen molar-refractivity contribution >= 4 is 40.5 Å². The van der Waals surface area contributed by atoms with Crippen LogP contribution in [0.4, 0.5) is 13.2 Å². The third kappa shape index (κ3) is 11.6. The van der Waals surface area contributed by atoms with Gasteiger partial charge in [-0.15, -0.1) is 0 Å². The van der Waals surface area contributed by atoms with Crippen LogP contribution in [0.3, 0.4) is 0 Å². The van der Waals surface area contributed by atoms with Crippen molar-refractivity contribution in [3.05, 3.63) is 59.9 Å². The van der Waals surface area contributed by atoms with Crippen LogP contribution in [-0.2, 0) is 52.8 Å². The summed E-state index contributed by atoms with van der Waals surface area (Å²) in [7, 11) is 3.05. The molecule has 5 atom stereocenters. The minimum absolute atomic E-state index is 0.0654. The van der Waals surface area contributed by atoms with Crippen LogP contribution in [0.15, 0.2) is 47.2 Å². The van der Waals surface area contributed by atoms with Gasteiger partial charge in [0, 0.05) is 80.5 Å². The Morgan fingerprint density at radius 3 is 2.50 bits per heavy atom. The highest BCUT2D eigenvalue weighted by Crippen LogP contribution is 2.43. The van der Waals surface area contributed by atoms with E-state index in [1.807, 2.05) is 27.7 Å². The zero-order valence-electron chi connectivity index (χ0n) is 43.7. The number of likely N-dealkylation sites (tertiary alicyclic amines) is 2. The molecular weight excluding hydrogens is 960 g/mol. The van der Waals surface area contributed by atoms with E-state index in [1.54, 1.807) is 69.2 Å². The van der Waals surface area contributed by atoms with Crippen LogP contribution in [0.1, 0.15) is 97.4 Å². The van der Waals surface area contributed by atoms with Gasteiger partial charge in [-0.25, -0.2) is 10.4 Å². The molecule has 3 saturated heterocycles. The average molecular weight is 1030 g/mol. The number of alkyl halides is 3. The zero-order chi connectivity index (χ0) is 53.4. The van der Waals surface area contributed by atoms with Gasteiger partial charge in [0.15, 0.2) is 5.89 Å². The molecule has 20 heteroatoms. The lowest BCUT2D eigenvalue weighted by Crippen LogP contribution is -2.62. The van der Waals surface area contributed by atoms with Crippen LogP contribution in [0.5, 0.6) is 0 Å². The number of hydrogen-bond donors (Lipinski definition) is 2. The fraction of sp³-hybridized carbons (Fsp3) is 0.574. The maximum atomic E-state index is 14.7. The summed E-state index contributed by atoms with van der Waals surface area (Å²) in [4.78, 5) is 85.1. The van der Waals surface area contributed by atoms with Crippen molar-refractivity contribution in [2.24, 2.45) is 17.3 Å². The number of esters is 1. The van der Waals surface area contributed by atoms with Gasteiger partial charge in [-0.05, 0) is 94.5 Å². The predicted octanol–water partition coefficient (Wildman–Crippen LogP) is 6.10. The Kier molecular flexibility index (Phi) is 15.7. The molecule has 0 saturated carbocycles. The van der Waals surface area contributed by atoms with Crippen molar-refractivity contribution in [1.82, 2.24) is 45.0 Å². The van der Waals surface area contributed by atoms with Gasteiger partial charge in [-0.2, -0.15) is 13.2 Å². The molecule has 74 heavy (non-hydrogen) atoms. The van der Waals surface area contributed by atoms with Crippen molar-refractivity contribution < 1.29 is 51.0 Å². The maximum Gasteiger partial charge on any atom is 0.406 e. The van der Waals surface area contributed by atoms with Gasteiger partial charge in [0.2, 0.25) is 11.8 Å². The largest absolute Gasteiger partial charge is 0.464 e. The molecule has 398 valence electrons. The second-order valence-corrected chi connectivity index (χ2v) is 21.8. The van der Waals surface area contributed by atoms with E-state index in [2.05, 4.69) is 32.5 Å². The summed E-state index contributed by atoms with van der Waals surface area (Å²) in [6.07, 6.45) is -0.0726. The first-order valence-corrected chi connectivity index (χ1v) is 25.5. The SMILES string of the molecule is CO[C@@H](C)c1ncccc1-c1c2c3cc(ccc3n1CC(F)(F)F)-c1coc(n1)C[C@H](NC(=O)C(C(C)C)N(C)C(=O)[C@H]1CCN(C(=O)C#CC(C)(C)N3CCC3)C1)C(=O)N1CCC[C@H](N1)C(=O)OCC(C)(C)C2. The Morgan fingerprint density at radius 2 is 1.81 bits per heavy atom. The summed E-state index contributed by atoms with van der Waals surface area (Å²) in [6.45, 7) is 14.2. The molecule has 4 aromatic rings. The molecule has 0 spiro atoms. The van der Waals surface area contributed by atoms with Crippen LogP contribution >= 0.6 is 0 Å². The summed E-state index contributed by atoms with van der Waals surface area (Å²) in [6, 6.07) is 5.13. The molecule has 3 fully saturated rings. The third-order valence-corrected chi connectivity index (χ3v) is 14.8. The number of hydrogen-bond acceptors (Lipinski definition) is 12. The number of oxazole rings is 1. The standard InChI is InChI=1S/C54H68F3N9O8/c1-32(2)46(62(8)49(69)35-18-24-63(28-35)44(67)17-19-53(6,7)64-21-12-22-64)48(68)60-40-26-43-59-41(29-73-43)34-15-16-42-37(25-34)38(27-52(4,5)31-74-51(71)39-14-11-23-66(61-39)50(40)70)47(65(42)30-54(55,56)57)36-13-10-20-58-45(36)33(3)72-9/h10,13,15-16,20,25,29,32-33,35,39-40,46,61H,11-12,14,18,21-24,26-28,30-31H2,1-9H3,(H,60,68)/t33-,35-,39-,40-,46?/m0/s1. The number of amides is 4. The van der Waals surface area contributed by atoms with Gasteiger partial charge in [-0.3, -0.25) is 38.9 Å². The number of pyridine rings is 1. The van der Waals surface area contributed by atoms with Crippen molar-refractivity contribution in [1.29, 1.82) is 0 Å². The molecule has 0 aliphatic carbocycles. The lowest BCUT2D eigenvalue weighted by Gasteiger charge is -2.41. The number of aromatic nitrogens is 3. The Morgan fingerprint density at radius 1 is 1.05 bits per heavy atom. The van der Waals surface area contributed by atoms with Gasteiger partial charge in [-0.1, -0.05) is 39.7 Å². The summed E-state index contributed by atoms with van der Waals surface area (Å²) >= 11 is 0. The Bertz CT molecular complexity index is 2840. The second-order valence-electron chi connectivity index (χ2n) is 21.8. The smallest absolute Gasteiger partial charge is 0.406 e. The van der Waals surface area contributed by atoms with Gasteiger partial charge in [0.1, 0.15) is 36.6 Å².